The smallest absolute Gasteiger partial charge is 0.240 e. The first-order chi connectivity index (χ1) is 10.6. The molecule has 1 N–H and O–H groups in total. The number of nitrogens with zero attached hydrogens (tertiary/aromatic N) is 1. The van der Waals surface area contributed by atoms with E-state index in [0.29, 0.717) is 12.8 Å². The van der Waals surface area contributed by atoms with Crippen LogP contribution in [0.25, 0.3) is 11.1 Å². The summed E-state index contributed by atoms with van der Waals surface area (Å²) < 4.78 is 13.1. The van der Waals surface area contributed by atoms with E-state index in [1.807, 2.05) is 12.1 Å². The van der Waals surface area contributed by atoms with E-state index in [2.05, 4.69) is 24.4 Å². The molecule has 3 nitrogen and oxygen atoms in total. The van der Waals surface area contributed by atoms with E-state index in [1.54, 1.807) is 12.1 Å². The van der Waals surface area contributed by atoms with Gasteiger partial charge in [0.2, 0.25) is 5.91 Å². The molecular formula is C18H17FN2O. The van der Waals surface area contributed by atoms with Crippen LogP contribution in [0, 0.1) is 19.7 Å². The van der Waals surface area contributed by atoms with Crippen molar-refractivity contribution in [2.75, 3.05) is 0 Å². The summed E-state index contributed by atoms with van der Waals surface area (Å²) in [6.07, 6.45) is 1.12. The molecule has 112 valence electrons. The summed E-state index contributed by atoms with van der Waals surface area (Å²) in [5.74, 6) is -0.275. The molecule has 4 heteroatoms. The van der Waals surface area contributed by atoms with E-state index < -0.39 is 0 Å². The molecule has 0 bridgehead atoms. The molecule has 2 aromatic carbocycles. The summed E-state index contributed by atoms with van der Waals surface area (Å²) in [7, 11) is 0. The van der Waals surface area contributed by atoms with Gasteiger partial charge in [-0.2, -0.15) is 5.10 Å². The lowest BCUT2D eigenvalue weighted by Gasteiger charge is -2.17. The van der Waals surface area contributed by atoms with Crippen molar-refractivity contribution in [2.45, 2.75) is 26.7 Å². The molecule has 3 rings (SSSR count). The number of halogens is 1. The minimum atomic E-state index is -0.234. The highest BCUT2D eigenvalue weighted by molar-refractivity contribution is 6.05. The first-order valence-electron chi connectivity index (χ1n) is 7.28. The molecule has 0 saturated heterocycles. The fraction of sp³-hybridized carbons (Fsp3) is 0.222. The molecule has 1 aliphatic heterocycles. The van der Waals surface area contributed by atoms with Crippen LogP contribution in [0.2, 0.25) is 0 Å². The van der Waals surface area contributed by atoms with Crippen molar-refractivity contribution in [3.05, 3.63) is 58.9 Å². The highest BCUT2D eigenvalue weighted by Gasteiger charge is 2.17. The quantitative estimate of drug-likeness (QED) is 0.901. The van der Waals surface area contributed by atoms with Crippen LogP contribution >= 0.6 is 0 Å². The molecule has 1 aliphatic rings. The summed E-state index contributed by atoms with van der Waals surface area (Å²) in [4.78, 5) is 11.2. The molecule has 22 heavy (non-hydrogen) atoms. The zero-order valence-corrected chi connectivity index (χ0v) is 12.6. The van der Waals surface area contributed by atoms with E-state index in [0.717, 1.165) is 33.5 Å². The summed E-state index contributed by atoms with van der Waals surface area (Å²) in [5, 5.41) is 4.16. The van der Waals surface area contributed by atoms with Gasteiger partial charge >= 0.3 is 0 Å². The largest absolute Gasteiger partial charge is 0.273 e. The van der Waals surface area contributed by atoms with Gasteiger partial charge in [0.25, 0.3) is 0 Å². The van der Waals surface area contributed by atoms with Gasteiger partial charge in [0.1, 0.15) is 5.82 Å². The molecule has 0 fully saturated rings. The minimum Gasteiger partial charge on any atom is -0.273 e. The molecule has 0 aromatic heterocycles. The Balaban J connectivity index is 2.02. The molecule has 1 heterocycles. The predicted octanol–water partition coefficient (Wildman–Crippen LogP) is 3.72. The van der Waals surface area contributed by atoms with Crippen molar-refractivity contribution >= 4 is 11.6 Å². The lowest BCUT2D eigenvalue weighted by Crippen LogP contribution is -2.26. The van der Waals surface area contributed by atoms with Crippen molar-refractivity contribution in [3.63, 3.8) is 0 Å². The van der Waals surface area contributed by atoms with Gasteiger partial charge in [-0.15, -0.1) is 0 Å². The van der Waals surface area contributed by atoms with Crippen molar-refractivity contribution in [1.29, 1.82) is 0 Å². The van der Waals surface area contributed by atoms with E-state index in [4.69, 9.17) is 0 Å². The Hall–Kier alpha value is -2.49. The fourth-order valence-corrected chi connectivity index (χ4v) is 2.74. The third-order valence-corrected chi connectivity index (χ3v) is 4.16. The van der Waals surface area contributed by atoms with Crippen molar-refractivity contribution in [3.8, 4) is 11.1 Å². The van der Waals surface area contributed by atoms with Gasteiger partial charge in [0.15, 0.2) is 0 Å². The van der Waals surface area contributed by atoms with Crippen LogP contribution < -0.4 is 5.43 Å². The molecular weight excluding hydrogens is 279 g/mol. The normalized spacial score (nSPS) is 14.5. The third kappa shape index (κ3) is 2.64. The van der Waals surface area contributed by atoms with Gasteiger partial charge in [-0.3, -0.25) is 4.79 Å². The number of hydrogen-bond acceptors (Lipinski definition) is 2. The van der Waals surface area contributed by atoms with Crippen LogP contribution in [0.1, 0.15) is 29.5 Å². The minimum absolute atomic E-state index is 0.0407. The zero-order valence-electron chi connectivity index (χ0n) is 12.6. The van der Waals surface area contributed by atoms with E-state index >= 15 is 0 Å². The maximum absolute atomic E-state index is 13.1. The third-order valence-electron chi connectivity index (χ3n) is 4.16. The van der Waals surface area contributed by atoms with Gasteiger partial charge in [-0.05, 0) is 48.2 Å². The molecule has 0 atom stereocenters. The molecule has 0 radical (unpaired) electrons. The Morgan fingerprint density at radius 1 is 0.955 bits per heavy atom. The van der Waals surface area contributed by atoms with Gasteiger partial charge in [-0.1, -0.05) is 24.3 Å². The highest BCUT2D eigenvalue weighted by Crippen LogP contribution is 2.29. The predicted molar refractivity (Wildman–Crippen MR) is 85.2 cm³/mol. The summed E-state index contributed by atoms with van der Waals surface area (Å²) >= 11 is 0. The number of rotatable bonds is 2. The summed E-state index contributed by atoms with van der Waals surface area (Å²) in [6, 6.07) is 10.6. The van der Waals surface area contributed by atoms with E-state index in [9.17, 15) is 9.18 Å². The fourth-order valence-electron chi connectivity index (χ4n) is 2.74. The number of hydrazone groups is 1. The Labute approximate surface area is 128 Å². The number of carbonyl (C=O) groups is 1. The first-order valence-corrected chi connectivity index (χ1v) is 7.28. The van der Waals surface area contributed by atoms with Crippen molar-refractivity contribution < 1.29 is 9.18 Å². The molecule has 0 unspecified atom stereocenters. The molecule has 0 aliphatic carbocycles. The molecule has 0 saturated carbocycles. The molecule has 2 aromatic rings. The van der Waals surface area contributed by atoms with Crippen molar-refractivity contribution in [1.82, 2.24) is 5.43 Å². The second-order valence-electron chi connectivity index (χ2n) is 5.51. The maximum Gasteiger partial charge on any atom is 0.240 e. The average molecular weight is 296 g/mol. The van der Waals surface area contributed by atoms with Crippen LogP contribution in [0.5, 0.6) is 0 Å². The van der Waals surface area contributed by atoms with E-state index in [1.165, 1.54) is 12.1 Å². The number of benzene rings is 2. The lowest BCUT2D eigenvalue weighted by atomic mass is 9.90. The number of carbonyl (C=O) groups excluding carboxylic acids is 1. The Morgan fingerprint density at radius 3 is 2.23 bits per heavy atom. The maximum atomic E-state index is 13.1. The SMILES string of the molecule is Cc1c(C2=NNC(=O)CC2)ccc(-c2ccc(F)cc2)c1C. The standard InChI is InChI=1S/C18H17FN2O/c1-11-12(2)16(17-9-10-18(22)21-20-17)8-7-15(11)13-3-5-14(19)6-4-13/h3-8H,9-10H2,1-2H3,(H,21,22). The highest BCUT2D eigenvalue weighted by atomic mass is 19.1. The van der Waals surface area contributed by atoms with Crippen molar-refractivity contribution in [2.24, 2.45) is 5.10 Å². The van der Waals surface area contributed by atoms with Gasteiger partial charge in [-0.25, -0.2) is 9.82 Å². The molecule has 1 amide bonds. The summed E-state index contributed by atoms with van der Waals surface area (Å²) in [5.41, 5.74) is 8.86. The number of hydrogen-bond donors (Lipinski definition) is 1. The van der Waals surface area contributed by atoms with Crippen LogP contribution in [0.15, 0.2) is 41.5 Å². The van der Waals surface area contributed by atoms with Crippen LogP contribution in [-0.4, -0.2) is 11.6 Å². The lowest BCUT2D eigenvalue weighted by molar-refractivity contribution is -0.121. The number of nitrogens with one attached hydrogen (secondary N) is 1. The van der Waals surface area contributed by atoms with Gasteiger partial charge in [0.05, 0.1) is 5.71 Å². The van der Waals surface area contributed by atoms with Gasteiger partial charge < -0.3 is 0 Å². The van der Waals surface area contributed by atoms with E-state index in [-0.39, 0.29) is 11.7 Å². The topological polar surface area (TPSA) is 41.5 Å². The number of amides is 1. The zero-order chi connectivity index (χ0) is 15.7. The average Bonchev–Trinajstić information content (AvgIpc) is 2.52. The second-order valence-corrected chi connectivity index (χ2v) is 5.51. The second kappa shape index (κ2) is 5.72. The van der Waals surface area contributed by atoms with Crippen LogP contribution in [0.4, 0.5) is 4.39 Å². The molecule has 0 spiro atoms. The first kappa shape index (κ1) is 14.4. The van der Waals surface area contributed by atoms with Crippen LogP contribution in [0.3, 0.4) is 0 Å². The Morgan fingerprint density at radius 2 is 1.59 bits per heavy atom. The van der Waals surface area contributed by atoms with Gasteiger partial charge in [0, 0.05) is 18.4 Å². The van der Waals surface area contributed by atoms with Crippen LogP contribution in [-0.2, 0) is 4.79 Å². The summed E-state index contributed by atoms with van der Waals surface area (Å²) in [6.45, 7) is 4.11. The Kier molecular flexibility index (Phi) is 3.75. The Bertz CT molecular complexity index is 763. The monoisotopic (exact) mass is 296 g/mol.